The highest BCUT2D eigenvalue weighted by atomic mass is 16.5. The van der Waals surface area contributed by atoms with Gasteiger partial charge in [-0.2, -0.15) is 0 Å². The summed E-state index contributed by atoms with van der Waals surface area (Å²) in [6.45, 7) is 6.38. The highest BCUT2D eigenvalue weighted by Gasteiger charge is 2.10. The molecule has 100 valence electrons. The van der Waals surface area contributed by atoms with Crippen LogP contribution in [0.1, 0.15) is 29.7 Å². The van der Waals surface area contributed by atoms with E-state index in [4.69, 9.17) is 4.74 Å². The molecule has 0 aromatic heterocycles. The van der Waals surface area contributed by atoms with Crippen LogP contribution in [0.2, 0.25) is 0 Å². The van der Waals surface area contributed by atoms with E-state index in [9.17, 15) is 0 Å². The van der Waals surface area contributed by atoms with Crippen molar-refractivity contribution in [1.82, 2.24) is 0 Å². The van der Waals surface area contributed by atoms with Crippen LogP contribution in [-0.2, 0) is 0 Å². The van der Waals surface area contributed by atoms with Crippen LogP contribution in [0, 0.1) is 13.8 Å². The van der Waals surface area contributed by atoms with Crippen LogP contribution in [0.25, 0.3) is 0 Å². The standard InChI is InChI=1S/C17H21NO/c1-12-9-13(2)11-15(10-12)18-14(3)16-7-5-6-8-17(16)19-4/h5-11,14,18H,1-4H3. The minimum absolute atomic E-state index is 0.206. The van der Waals surface area contributed by atoms with Crippen molar-refractivity contribution < 1.29 is 4.74 Å². The molecule has 2 heteroatoms. The number of hydrogen-bond donors (Lipinski definition) is 1. The van der Waals surface area contributed by atoms with E-state index in [1.807, 2.05) is 18.2 Å². The molecule has 0 amide bonds. The Hall–Kier alpha value is -1.96. The van der Waals surface area contributed by atoms with Crippen molar-refractivity contribution >= 4 is 5.69 Å². The summed E-state index contributed by atoms with van der Waals surface area (Å²) >= 11 is 0. The van der Waals surface area contributed by atoms with Gasteiger partial charge in [0.05, 0.1) is 13.2 Å². The normalized spacial score (nSPS) is 12.0. The quantitative estimate of drug-likeness (QED) is 0.869. The van der Waals surface area contributed by atoms with Gasteiger partial charge < -0.3 is 10.1 Å². The van der Waals surface area contributed by atoms with E-state index in [1.165, 1.54) is 16.7 Å². The summed E-state index contributed by atoms with van der Waals surface area (Å²) in [5.74, 6) is 0.923. The number of ether oxygens (including phenoxy) is 1. The lowest BCUT2D eigenvalue weighted by atomic mass is 10.1. The number of benzene rings is 2. The second kappa shape index (κ2) is 5.79. The molecule has 1 unspecified atom stereocenters. The molecule has 0 fully saturated rings. The summed E-state index contributed by atoms with van der Waals surface area (Å²) in [4.78, 5) is 0. The second-order valence-electron chi connectivity index (χ2n) is 4.98. The summed E-state index contributed by atoms with van der Waals surface area (Å²) in [6, 6.07) is 14.8. The average Bonchev–Trinajstić information content (AvgIpc) is 2.37. The summed E-state index contributed by atoms with van der Waals surface area (Å²) < 4.78 is 5.41. The van der Waals surface area contributed by atoms with Gasteiger partial charge in [0, 0.05) is 11.3 Å². The second-order valence-corrected chi connectivity index (χ2v) is 4.98. The fourth-order valence-corrected chi connectivity index (χ4v) is 2.41. The molecule has 0 spiro atoms. The van der Waals surface area contributed by atoms with Gasteiger partial charge in [-0.1, -0.05) is 24.3 Å². The van der Waals surface area contributed by atoms with Gasteiger partial charge in [-0.25, -0.2) is 0 Å². The third-order valence-electron chi connectivity index (χ3n) is 3.21. The van der Waals surface area contributed by atoms with E-state index < -0.39 is 0 Å². The van der Waals surface area contributed by atoms with Crippen molar-refractivity contribution in [2.24, 2.45) is 0 Å². The van der Waals surface area contributed by atoms with Crippen LogP contribution in [0.3, 0.4) is 0 Å². The Morgan fingerprint density at radius 3 is 2.26 bits per heavy atom. The van der Waals surface area contributed by atoms with Crippen molar-refractivity contribution in [1.29, 1.82) is 0 Å². The summed E-state index contributed by atoms with van der Waals surface area (Å²) in [6.07, 6.45) is 0. The Morgan fingerprint density at radius 1 is 1.00 bits per heavy atom. The van der Waals surface area contributed by atoms with E-state index in [-0.39, 0.29) is 6.04 Å². The van der Waals surface area contributed by atoms with E-state index in [2.05, 4.69) is 50.4 Å². The molecule has 1 N–H and O–H groups in total. The maximum absolute atomic E-state index is 5.41. The number of rotatable bonds is 4. The van der Waals surface area contributed by atoms with E-state index in [0.29, 0.717) is 0 Å². The molecule has 0 saturated heterocycles. The maximum atomic E-state index is 5.41. The van der Waals surface area contributed by atoms with Gasteiger partial charge in [0.25, 0.3) is 0 Å². The molecule has 19 heavy (non-hydrogen) atoms. The lowest BCUT2D eigenvalue weighted by Gasteiger charge is -2.19. The van der Waals surface area contributed by atoms with E-state index in [0.717, 1.165) is 11.4 Å². The first-order chi connectivity index (χ1) is 9.10. The molecule has 2 aromatic carbocycles. The third-order valence-corrected chi connectivity index (χ3v) is 3.21. The molecule has 0 aliphatic rings. The Labute approximate surface area is 115 Å². The van der Waals surface area contributed by atoms with Crippen molar-refractivity contribution in [3.63, 3.8) is 0 Å². The van der Waals surface area contributed by atoms with E-state index >= 15 is 0 Å². The van der Waals surface area contributed by atoms with Gasteiger partial charge in [0.1, 0.15) is 5.75 Å². The number of anilines is 1. The smallest absolute Gasteiger partial charge is 0.124 e. The van der Waals surface area contributed by atoms with Crippen LogP contribution in [0.4, 0.5) is 5.69 Å². The number of hydrogen-bond acceptors (Lipinski definition) is 2. The Kier molecular flexibility index (Phi) is 4.10. The Bertz CT molecular complexity index is 543. The molecule has 2 rings (SSSR count). The Balaban J connectivity index is 2.22. The van der Waals surface area contributed by atoms with Crippen molar-refractivity contribution in [2.45, 2.75) is 26.8 Å². The molecule has 2 aromatic rings. The van der Waals surface area contributed by atoms with Gasteiger partial charge in [-0.05, 0) is 50.1 Å². The molecule has 0 aliphatic heterocycles. The predicted octanol–water partition coefficient (Wildman–Crippen LogP) is 4.49. The number of aryl methyl sites for hydroxylation is 2. The number of methoxy groups -OCH3 is 1. The molecule has 1 atom stereocenters. The summed E-state index contributed by atoms with van der Waals surface area (Å²) in [5.41, 5.74) is 4.87. The zero-order chi connectivity index (χ0) is 13.8. The first-order valence-corrected chi connectivity index (χ1v) is 6.58. The lowest BCUT2D eigenvalue weighted by molar-refractivity contribution is 0.408. The van der Waals surface area contributed by atoms with E-state index in [1.54, 1.807) is 7.11 Å². The zero-order valence-corrected chi connectivity index (χ0v) is 12.0. The SMILES string of the molecule is COc1ccccc1C(C)Nc1cc(C)cc(C)c1. The number of para-hydroxylation sites is 1. The van der Waals surface area contributed by atoms with Crippen molar-refractivity contribution in [3.8, 4) is 5.75 Å². The van der Waals surface area contributed by atoms with Crippen LogP contribution in [0.15, 0.2) is 42.5 Å². The van der Waals surface area contributed by atoms with Gasteiger partial charge in [-0.3, -0.25) is 0 Å². The van der Waals surface area contributed by atoms with Gasteiger partial charge in [-0.15, -0.1) is 0 Å². The maximum Gasteiger partial charge on any atom is 0.124 e. The highest BCUT2D eigenvalue weighted by Crippen LogP contribution is 2.27. The predicted molar refractivity (Wildman–Crippen MR) is 80.9 cm³/mol. The zero-order valence-electron chi connectivity index (χ0n) is 12.0. The van der Waals surface area contributed by atoms with Crippen LogP contribution in [-0.4, -0.2) is 7.11 Å². The van der Waals surface area contributed by atoms with Gasteiger partial charge in [0.2, 0.25) is 0 Å². The topological polar surface area (TPSA) is 21.3 Å². The minimum atomic E-state index is 0.206. The van der Waals surface area contributed by atoms with Crippen LogP contribution in [0.5, 0.6) is 5.75 Å². The third kappa shape index (κ3) is 3.28. The fraction of sp³-hybridized carbons (Fsp3) is 0.294. The first-order valence-electron chi connectivity index (χ1n) is 6.58. The largest absolute Gasteiger partial charge is 0.496 e. The molecule has 0 bridgehead atoms. The molecule has 2 nitrogen and oxygen atoms in total. The average molecular weight is 255 g/mol. The van der Waals surface area contributed by atoms with Crippen LogP contribution >= 0.6 is 0 Å². The summed E-state index contributed by atoms with van der Waals surface area (Å²) in [7, 11) is 1.71. The van der Waals surface area contributed by atoms with Crippen LogP contribution < -0.4 is 10.1 Å². The van der Waals surface area contributed by atoms with Gasteiger partial charge in [0.15, 0.2) is 0 Å². The monoisotopic (exact) mass is 255 g/mol. The van der Waals surface area contributed by atoms with Gasteiger partial charge >= 0.3 is 0 Å². The summed E-state index contributed by atoms with van der Waals surface area (Å²) in [5, 5.41) is 3.53. The highest BCUT2D eigenvalue weighted by molar-refractivity contribution is 5.51. The molecular weight excluding hydrogens is 234 g/mol. The molecule has 0 saturated carbocycles. The number of nitrogens with one attached hydrogen (secondary N) is 1. The van der Waals surface area contributed by atoms with Crippen molar-refractivity contribution in [3.05, 3.63) is 59.2 Å². The molecule has 0 aliphatic carbocycles. The molecule has 0 heterocycles. The molecule has 0 radical (unpaired) electrons. The first kappa shape index (κ1) is 13.5. The molecular formula is C17H21NO. The Morgan fingerprint density at radius 2 is 1.63 bits per heavy atom. The van der Waals surface area contributed by atoms with Crippen molar-refractivity contribution in [2.75, 3.05) is 12.4 Å². The lowest BCUT2D eigenvalue weighted by Crippen LogP contribution is -2.08. The fourth-order valence-electron chi connectivity index (χ4n) is 2.41. The minimum Gasteiger partial charge on any atom is -0.496 e.